The van der Waals surface area contributed by atoms with Crippen LogP contribution in [0.5, 0.6) is 5.75 Å². The average Bonchev–Trinajstić information content (AvgIpc) is 3.06. The highest BCUT2D eigenvalue weighted by atomic mass is 16.5. The zero-order valence-electron chi connectivity index (χ0n) is 17.9. The molecular formula is C24H32N4O2. The highest BCUT2D eigenvalue weighted by Gasteiger charge is 2.15. The number of hydrogen-bond acceptors (Lipinski definition) is 5. The van der Waals surface area contributed by atoms with E-state index in [-0.39, 0.29) is 0 Å². The fourth-order valence-electron chi connectivity index (χ4n) is 4.04. The third kappa shape index (κ3) is 5.59. The van der Waals surface area contributed by atoms with Crippen LogP contribution in [0.4, 0.5) is 0 Å². The number of nitrogens with zero attached hydrogens (tertiary/aromatic N) is 4. The molecular weight excluding hydrogens is 376 g/mol. The number of methoxy groups -OCH3 is 1. The Kier molecular flexibility index (Phi) is 7.34. The van der Waals surface area contributed by atoms with E-state index in [1.54, 1.807) is 7.11 Å². The zero-order valence-corrected chi connectivity index (χ0v) is 17.9. The third-order valence-corrected chi connectivity index (χ3v) is 5.80. The van der Waals surface area contributed by atoms with Crippen molar-refractivity contribution in [3.05, 3.63) is 60.4 Å². The molecule has 0 aliphatic carbocycles. The summed E-state index contributed by atoms with van der Waals surface area (Å²) in [5.41, 5.74) is 3.56. The maximum absolute atomic E-state index is 5.93. The summed E-state index contributed by atoms with van der Waals surface area (Å²) in [5, 5.41) is 0. The first-order valence-electron chi connectivity index (χ1n) is 10.9. The molecule has 0 N–H and O–H groups in total. The molecule has 3 aromatic rings. The molecule has 0 spiro atoms. The smallest absolute Gasteiger partial charge is 0.118 e. The number of aromatic nitrogens is 2. The summed E-state index contributed by atoms with van der Waals surface area (Å²) in [4.78, 5) is 9.51. The Hall–Kier alpha value is -2.41. The molecule has 0 atom stereocenters. The van der Waals surface area contributed by atoms with Gasteiger partial charge in [0.25, 0.3) is 0 Å². The maximum Gasteiger partial charge on any atom is 0.118 e. The van der Waals surface area contributed by atoms with Crippen LogP contribution in [0.2, 0.25) is 0 Å². The summed E-state index contributed by atoms with van der Waals surface area (Å²) in [6.45, 7) is 8.86. The van der Waals surface area contributed by atoms with Crippen LogP contribution in [0.25, 0.3) is 11.0 Å². The lowest BCUT2D eigenvalue weighted by atomic mass is 10.2. The first-order valence-corrected chi connectivity index (χ1v) is 10.9. The van der Waals surface area contributed by atoms with Crippen LogP contribution in [0, 0.1) is 0 Å². The Labute approximate surface area is 179 Å². The minimum absolute atomic E-state index is 0.720. The number of benzene rings is 2. The summed E-state index contributed by atoms with van der Waals surface area (Å²) in [7, 11) is 1.71. The lowest BCUT2D eigenvalue weighted by Crippen LogP contribution is -2.32. The van der Waals surface area contributed by atoms with Crippen LogP contribution < -0.4 is 4.74 Å². The van der Waals surface area contributed by atoms with Gasteiger partial charge in [0, 0.05) is 32.7 Å². The Morgan fingerprint density at radius 3 is 2.50 bits per heavy atom. The van der Waals surface area contributed by atoms with Gasteiger partial charge in [-0.3, -0.25) is 9.80 Å². The molecule has 30 heavy (non-hydrogen) atoms. The van der Waals surface area contributed by atoms with E-state index >= 15 is 0 Å². The van der Waals surface area contributed by atoms with Crippen molar-refractivity contribution in [3.63, 3.8) is 0 Å². The van der Waals surface area contributed by atoms with Gasteiger partial charge in [0.05, 0.1) is 37.7 Å². The summed E-state index contributed by atoms with van der Waals surface area (Å²) in [6, 6.07) is 16.7. The van der Waals surface area contributed by atoms with Gasteiger partial charge in [0.2, 0.25) is 0 Å². The number of ether oxygens (including phenoxy) is 2. The average molecular weight is 409 g/mol. The van der Waals surface area contributed by atoms with Gasteiger partial charge in [-0.1, -0.05) is 24.3 Å². The second-order valence-corrected chi connectivity index (χ2v) is 7.86. The van der Waals surface area contributed by atoms with Crippen molar-refractivity contribution in [3.8, 4) is 5.75 Å². The van der Waals surface area contributed by atoms with E-state index in [0.29, 0.717) is 0 Å². The first-order chi connectivity index (χ1) is 14.8. The van der Waals surface area contributed by atoms with Crippen molar-refractivity contribution in [2.75, 3.05) is 53.0 Å². The Bertz CT molecular complexity index is 909. The van der Waals surface area contributed by atoms with Crippen LogP contribution >= 0.6 is 0 Å². The highest BCUT2D eigenvalue weighted by Crippen LogP contribution is 2.14. The summed E-state index contributed by atoms with van der Waals surface area (Å²) in [5.74, 6) is 0.919. The molecule has 6 heteroatoms. The summed E-state index contributed by atoms with van der Waals surface area (Å²) >= 11 is 0. The summed E-state index contributed by atoms with van der Waals surface area (Å²) in [6.07, 6.45) is 3.11. The van der Waals surface area contributed by atoms with Crippen LogP contribution in [-0.4, -0.2) is 72.4 Å². The third-order valence-electron chi connectivity index (χ3n) is 5.80. The lowest BCUT2D eigenvalue weighted by Gasteiger charge is -2.22. The molecule has 2 heterocycles. The van der Waals surface area contributed by atoms with Crippen LogP contribution in [0.1, 0.15) is 12.0 Å². The Balaban J connectivity index is 1.14. The molecule has 4 rings (SSSR count). The molecule has 0 bridgehead atoms. The van der Waals surface area contributed by atoms with Gasteiger partial charge in [0.1, 0.15) is 5.75 Å². The highest BCUT2D eigenvalue weighted by molar-refractivity contribution is 5.74. The van der Waals surface area contributed by atoms with Gasteiger partial charge in [-0.2, -0.15) is 0 Å². The fourth-order valence-corrected chi connectivity index (χ4v) is 4.04. The number of imidazole rings is 1. The van der Waals surface area contributed by atoms with Crippen molar-refractivity contribution in [2.45, 2.75) is 19.5 Å². The van der Waals surface area contributed by atoms with E-state index < -0.39 is 0 Å². The molecule has 0 radical (unpaired) electrons. The second-order valence-electron chi connectivity index (χ2n) is 7.86. The van der Waals surface area contributed by atoms with Crippen molar-refractivity contribution in [1.29, 1.82) is 0 Å². The van der Waals surface area contributed by atoms with Crippen molar-refractivity contribution < 1.29 is 9.47 Å². The molecule has 160 valence electrons. The predicted octanol–water partition coefficient (Wildman–Crippen LogP) is 3.27. The number of fused-ring (bicyclic) bond motifs is 1. The van der Waals surface area contributed by atoms with Crippen LogP contribution in [-0.2, 0) is 17.8 Å². The van der Waals surface area contributed by atoms with E-state index in [1.165, 1.54) is 17.5 Å². The van der Waals surface area contributed by atoms with Crippen molar-refractivity contribution in [2.24, 2.45) is 0 Å². The van der Waals surface area contributed by atoms with E-state index in [0.717, 1.165) is 70.3 Å². The van der Waals surface area contributed by atoms with Crippen molar-refractivity contribution >= 4 is 11.0 Å². The molecule has 1 aliphatic rings. The van der Waals surface area contributed by atoms with E-state index in [1.807, 2.05) is 30.6 Å². The van der Waals surface area contributed by atoms with Gasteiger partial charge >= 0.3 is 0 Å². The van der Waals surface area contributed by atoms with E-state index in [9.17, 15) is 0 Å². The monoisotopic (exact) mass is 408 g/mol. The number of hydrogen-bond donors (Lipinski definition) is 0. The predicted molar refractivity (Wildman–Crippen MR) is 120 cm³/mol. The molecule has 1 fully saturated rings. The molecule has 6 nitrogen and oxygen atoms in total. The lowest BCUT2D eigenvalue weighted by molar-refractivity contribution is 0.0991. The molecule has 1 aromatic heterocycles. The van der Waals surface area contributed by atoms with Crippen LogP contribution in [0.15, 0.2) is 54.9 Å². The molecule has 0 amide bonds. The molecule has 0 unspecified atom stereocenters. The minimum atomic E-state index is 0.720. The van der Waals surface area contributed by atoms with Gasteiger partial charge in [-0.05, 0) is 49.3 Å². The standard InChI is InChI=1S/C24H32N4O2/c1-29-22-9-7-21(8-10-22)19-27-12-4-11-26(13-14-27)15-17-30-18-16-28-20-25-23-5-2-3-6-24(23)28/h2-3,5-10,20H,4,11-19H2,1H3. The molecule has 1 aliphatic heterocycles. The number of rotatable bonds is 9. The zero-order chi connectivity index (χ0) is 20.6. The SMILES string of the molecule is COc1ccc(CN2CCCN(CCOCCn3cnc4ccccc43)CC2)cc1. The minimum Gasteiger partial charge on any atom is -0.497 e. The quantitative estimate of drug-likeness (QED) is 0.509. The Morgan fingerprint density at radius 2 is 1.63 bits per heavy atom. The molecule has 0 saturated carbocycles. The van der Waals surface area contributed by atoms with Gasteiger partial charge in [-0.15, -0.1) is 0 Å². The van der Waals surface area contributed by atoms with Gasteiger partial charge < -0.3 is 14.0 Å². The number of para-hydroxylation sites is 2. The maximum atomic E-state index is 5.93. The normalized spacial score (nSPS) is 16.0. The second kappa shape index (κ2) is 10.6. The molecule has 2 aromatic carbocycles. The first kappa shape index (κ1) is 20.8. The van der Waals surface area contributed by atoms with E-state index in [4.69, 9.17) is 9.47 Å². The summed E-state index contributed by atoms with van der Waals surface area (Å²) < 4.78 is 13.3. The van der Waals surface area contributed by atoms with Gasteiger partial charge in [0.15, 0.2) is 0 Å². The van der Waals surface area contributed by atoms with Gasteiger partial charge in [-0.25, -0.2) is 4.98 Å². The largest absolute Gasteiger partial charge is 0.497 e. The van der Waals surface area contributed by atoms with E-state index in [2.05, 4.69) is 43.6 Å². The van der Waals surface area contributed by atoms with Crippen molar-refractivity contribution in [1.82, 2.24) is 19.4 Å². The molecule has 1 saturated heterocycles. The fraction of sp³-hybridized carbons (Fsp3) is 0.458. The van der Waals surface area contributed by atoms with Crippen LogP contribution in [0.3, 0.4) is 0 Å². The topological polar surface area (TPSA) is 42.8 Å². The Morgan fingerprint density at radius 1 is 0.867 bits per heavy atom.